The smallest absolute Gasteiger partial charge is 0.251 e. The number of benzene rings is 1. The number of ketones is 1. The minimum absolute atomic E-state index is 0.152. The first-order chi connectivity index (χ1) is 7.77. The van der Waals surface area contributed by atoms with E-state index in [-0.39, 0.29) is 17.7 Å². The molecule has 1 aliphatic carbocycles. The van der Waals surface area contributed by atoms with Crippen LogP contribution >= 0.6 is 0 Å². The van der Waals surface area contributed by atoms with Crippen LogP contribution in [0.1, 0.15) is 36.0 Å². The average Bonchev–Trinajstić information content (AvgIpc) is 2.33. The zero-order valence-corrected chi connectivity index (χ0v) is 9.11. The van der Waals surface area contributed by atoms with Crippen LogP contribution in [0.4, 0.5) is 0 Å². The highest BCUT2D eigenvalue weighted by Gasteiger charge is 2.23. The van der Waals surface area contributed by atoms with Crippen molar-refractivity contribution in [2.75, 3.05) is 0 Å². The van der Waals surface area contributed by atoms with Crippen LogP contribution < -0.4 is 5.32 Å². The lowest BCUT2D eigenvalue weighted by Crippen LogP contribution is -2.42. The zero-order valence-electron chi connectivity index (χ0n) is 9.11. The van der Waals surface area contributed by atoms with Gasteiger partial charge in [-0.15, -0.1) is 0 Å². The van der Waals surface area contributed by atoms with E-state index < -0.39 is 0 Å². The number of hydrogen-bond acceptors (Lipinski definition) is 2. The molecule has 0 spiro atoms. The van der Waals surface area contributed by atoms with Crippen molar-refractivity contribution in [3.63, 3.8) is 0 Å². The number of rotatable bonds is 2. The molecule has 0 heterocycles. The Morgan fingerprint density at radius 3 is 2.62 bits per heavy atom. The third-order valence-electron chi connectivity index (χ3n) is 2.90. The molecule has 3 nitrogen and oxygen atoms in total. The van der Waals surface area contributed by atoms with Crippen LogP contribution in [0.3, 0.4) is 0 Å². The Bertz CT molecular complexity index is 386. The van der Waals surface area contributed by atoms with Crippen molar-refractivity contribution < 1.29 is 9.59 Å². The standard InChI is InChI=1S/C13H15NO2/c15-12-9-5-4-8-11(12)14-13(16)10-6-2-1-3-7-10/h1-3,6-7,11H,4-5,8-9H2,(H,14,16)/t11-/m0/s1. The van der Waals surface area contributed by atoms with E-state index in [1.165, 1.54) is 0 Å². The molecule has 1 aliphatic rings. The highest BCUT2D eigenvalue weighted by molar-refractivity contribution is 5.98. The maximum atomic E-state index is 11.8. The van der Waals surface area contributed by atoms with Gasteiger partial charge in [-0.3, -0.25) is 9.59 Å². The van der Waals surface area contributed by atoms with Crippen LogP contribution in [-0.4, -0.2) is 17.7 Å². The molecular weight excluding hydrogens is 202 g/mol. The highest BCUT2D eigenvalue weighted by atomic mass is 16.2. The van der Waals surface area contributed by atoms with Gasteiger partial charge in [-0.1, -0.05) is 24.6 Å². The van der Waals surface area contributed by atoms with E-state index in [2.05, 4.69) is 5.32 Å². The second-order valence-corrected chi connectivity index (χ2v) is 4.10. The third-order valence-corrected chi connectivity index (χ3v) is 2.90. The van der Waals surface area contributed by atoms with E-state index in [1.54, 1.807) is 12.1 Å². The molecule has 0 saturated heterocycles. The van der Waals surface area contributed by atoms with Crippen molar-refractivity contribution in [2.24, 2.45) is 0 Å². The van der Waals surface area contributed by atoms with Crippen LogP contribution in [0.15, 0.2) is 30.3 Å². The Balaban J connectivity index is 1.99. The third kappa shape index (κ3) is 2.48. The molecule has 1 N–H and O–H groups in total. The number of nitrogens with one attached hydrogen (secondary N) is 1. The summed E-state index contributed by atoms with van der Waals surface area (Å²) < 4.78 is 0. The molecule has 0 bridgehead atoms. The van der Waals surface area contributed by atoms with Gasteiger partial charge in [-0.25, -0.2) is 0 Å². The maximum Gasteiger partial charge on any atom is 0.251 e. The van der Waals surface area contributed by atoms with Crippen LogP contribution in [0.25, 0.3) is 0 Å². The summed E-state index contributed by atoms with van der Waals surface area (Å²) in [5, 5.41) is 2.80. The molecule has 84 valence electrons. The van der Waals surface area contributed by atoms with E-state index in [9.17, 15) is 9.59 Å². The highest BCUT2D eigenvalue weighted by Crippen LogP contribution is 2.14. The quantitative estimate of drug-likeness (QED) is 0.822. The molecule has 1 saturated carbocycles. The second-order valence-electron chi connectivity index (χ2n) is 4.10. The number of Topliss-reactive ketones (excluding diaryl/α,β-unsaturated/α-hetero) is 1. The predicted octanol–water partition coefficient (Wildman–Crippen LogP) is 1.93. The van der Waals surface area contributed by atoms with Gasteiger partial charge in [0.25, 0.3) is 5.91 Å². The first-order valence-corrected chi connectivity index (χ1v) is 5.66. The van der Waals surface area contributed by atoms with Gasteiger partial charge < -0.3 is 5.32 Å². The maximum absolute atomic E-state index is 11.8. The number of amides is 1. The molecule has 16 heavy (non-hydrogen) atoms. The molecule has 0 unspecified atom stereocenters. The summed E-state index contributed by atoms with van der Waals surface area (Å²) in [4.78, 5) is 23.3. The number of hydrogen-bond donors (Lipinski definition) is 1. The number of carbonyl (C=O) groups is 2. The molecular formula is C13H15NO2. The molecule has 0 radical (unpaired) electrons. The molecule has 0 aromatic heterocycles. The molecule has 0 aliphatic heterocycles. The van der Waals surface area contributed by atoms with Crippen molar-refractivity contribution >= 4 is 11.7 Å². The van der Waals surface area contributed by atoms with Gasteiger partial charge in [-0.2, -0.15) is 0 Å². The molecule has 1 atom stereocenters. The SMILES string of the molecule is O=C(N[C@H]1CCCCC1=O)c1ccccc1. The fourth-order valence-electron chi connectivity index (χ4n) is 1.97. The van der Waals surface area contributed by atoms with Crippen molar-refractivity contribution in [2.45, 2.75) is 31.7 Å². The minimum Gasteiger partial charge on any atom is -0.342 e. The van der Waals surface area contributed by atoms with E-state index in [4.69, 9.17) is 0 Å². The fourth-order valence-corrected chi connectivity index (χ4v) is 1.97. The lowest BCUT2D eigenvalue weighted by atomic mass is 9.94. The molecule has 3 heteroatoms. The second kappa shape index (κ2) is 4.92. The van der Waals surface area contributed by atoms with Crippen LogP contribution in [0.2, 0.25) is 0 Å². The van der Waals surface area contributed by atoms with Crippen molar-refractivity contribution in [3.8, 4) is 0 Å². The Labute approximate surface area is 94.9 Å². The molecule has 1 fully saturated rings. The van der Waals surface area contributed by atoms with E-state index in [0.717, 1.165) is 19.3 Å². The van der Waals surface area contributed by atoms with E-state index in [0.29, 0.717) is 12.0 Å². The first-order valence-electron chi connectivity index (χ1n) is 5.66. The van der Waals surface area contributed by atoms with Gasteiger partial charge >= 0.3 is 0 Å². The van der Waals surface area contributed by atoms with Gasteiger partial charge in [0.1, 0.15) is 0 Å². The van der Waals surface area contributed by atoms with Crippen LogP contribution in [0, 0.1) is 0 Å². The lowest BCUT2D eigenvalue weighted by Gasteiger charge is -2.21. The summed E-state index contributed by atoms with van der Waals surface area (Å²) in [7, 11) is 0. The minimum atomic E-state index is -0.276. The van der Waals surface area contributed by atoms with E-state index >= 15 is 0 Å². The van der Waals surface area contributed by atoms with Gasteiger partial charge in [0.2, 0.25) is 0 Å². The summed E-state index contributed by atoms with van der Waals surface area (Å²) in [6.45, 7) is 0. The lowest BCUT2D eigenvalue weighted by molar-refractivity contribution is -0.122. The summed E-state index contributed by atoms with van der Waals surface area (Å²) in [5.74, 6) is 0.0105. The van der Waals surface area contributed by atoms with Crippen LogP contribution in [0.5, 0.6) is 0 Å². The zero-order chi connectivity index (χ0) is 11.4. The molecule has 1 aromatic carbocycles. The largest absolute Gasteiger partial charge is 0.342 e. The Morgan fingerprint density at radius 2 is 1.94 bits per heavy atom. The topological polar surface area (TPSA) is 46.2 Å². The van der Waals surface area contributed by atoms with Gasteiger partial charge in [0.15, 0.2) is 5.78 Å². The predicted molar refractivity (Wildman–Crippen MR) is 61.2 cm³/mol. The normalized spacial score (nSPS) is 20.5. The molecule has 2 rings (SSSR count). The fraction of sp³-hybridized carbons (Fsp3) is 0.385. The van der Waals surface area contributed by atoms with Crippen molar-refractivity contribution in [1.29, 1.82) is 0 Å². The molecule has 1 amide bonds. The summed E-state index contributed by atoms with van der Waals surface area (Å²) in [6, 6.07) is 8.73. The van der Waals surface area contributed by atoms with Gasteiger partial charge in [0.05, 0.1) is 6.04 Å². The Hall–Kier alpha value is -1.64. The van der Waals surface area contributed by atoms with Crippen LogP contribution in [-0.2, 0) is 4.79 Å². The monoisotopic (exact) mass is 217 g/mol. The summed E-state index contributed by atoms with van der Waals surface area (Å²) in [5.41, 5.74) is 0.612. The van der Waals surface area contributed by atoms with Crippen molar-refractivity contribution in [1.82, 2.24) is 5.32 Å². The molecule has 1 aromatic rings. The van der Waals surface area contributed by atoms with E-state index in [1.807, 2.05) is 18.2 Å². The first kappa shape index (κ1) is 10.9. The summed E-state index contributed by atoms with van der Waals surface area (Å²) in [6.07, 6.45) is 3.35. The average molecular weight is 217 g/mol. The van der Waals surface area contributed by atoms with Gasteiger partial charge in [-0.05, 0) is 25.0 Å². The van der Waals surface area contributed by atoms with Gasteiger partial charge in [0, 0.05) is 12.0 Å². The summed E-state index contributed by atoms with van der Waals surface area (Å²) >= 11 is 0. The van der Waals surface area contributed by atoms with Crippen molar-refractivity contribution in [3.05, 3.63) is 35.9 Å². The Morgan fingerprint density at radius 1 is 1.19 bits per heavy atom. The number of carbonyl (C=O) groups excluding carboxylic acids is 2. The Kier molecular flexibility index (Phi) is 3.34.